The van der Waals surface area contributed by atoms with Gasteiger partial charge in [0.25, 0.3) is 5.56 Å². The Morgan fingerprint density at radius 1 is 0.909 bits per heavy atom. The largest absolute Gasteiger partial charge is 0.302 e. The van der Waals surface area contributed by atoms with Crippen LogP contribution >= 0.6 is 11.8 Å². The number of nitrogens with zero attached hydrogens (tertiary/aromatic N) is 5. The van der Waals surface area contributed by atoms with E-state index in [2.05, 4.69) is 10.2 Å². The Kier molecular flexibility index (Phi) is 5.75. The van der Waals surface area contributed by atoms with E-state index in [0.29, 0.717) is 34.7 Å². The van der Waals surface area contributed by atoms with Crippen LogP contribution in [0.2, 0.25) is 0 Å². The second-order valence-corrected chi connectivity index (χ2v) is 8.31. The van der Waals surface area contributed by atoms with Gasteiger partial charge in [-0.2, -0.15) is 0 Å². The van der Waals surface area contributed by atoms with Crippen LogP contribution in [0, 0.1) is 5.82 Å². The number of halogens is 1. The minimum Gasteiger partial charge on any atom is -0.302 e. The van der Waals surface area contributed by atoms with Crippen molar-refractivity contribution in [1.29, 1.82) is 0 Å². The standard InChI is InChI=1S/C25H20FN5OS/c1-2-30-23(17-8-4-3-5-9-17)28-29-25(30)33-16-22-27-21-11-7-6-10-20(21)24(32)31(22)19-14-12-18(26)13-15-19/h3-15H,2,16H2,1H3. The second-order valence-electron chi connectivity index (χ2n) is 7.37. The van der Waals surface area contributed by atoms with Crippen molar-refractivity contribution in [1.82, 2.24) is 24.3 Å². The summed E-state index contributed by atoms with van der Waals surface area (Å²) in [4.78, 5) is 18.1. The van der Waals surface area contributed by atoms with Crippen LogP contribution in [0.3, 0.4) is 0 Å². The Bertz CT molecular complexity index is 1480. The van der Waals surface area contributed by atoms with E-state index in [1.807, 2.05) is 60.0 Å². The van der Waals surface area contributed by atoms with Gasteiger partial charge in [0.2, 0.25) is 0 Å². The molecule has 0 radical (unpaired) electrons. The van der Waals surface area contributed by atoms with E-state index in [-0.39, 0.29) is 11.4 Å². The van der Waals surface area contributed by atoms with Gasteiger partial charge in [0.05, 0.1) is 22.3 Å². The molecule has 0 aliphatic carbocycles. The Balaban J connectivity index is 1.56. The van der Waals surface area contributed by atoms with E-state index in [9.17, 15) is 9.18 Å². The number of fused-ring (bicyclic) bond motifs is 1. The normalized spacial score (nSPS) is 11.2. The van der Waals surface area contributed by atoms with Gasteiger partial charge in [-0.1, -0.05) is 54.2 Å². The fourth-order valence-corrected chi connectivity index (χ4v) is 4.66. The third-order valence-corrected chi connectivity index (χ3v) is 6.29. The molecule has 0 aliphatic rings. The van der Waals surface area contributed by atoms with Crippen molar-refractivity contribution in [2.45, 2.75) is 24.4 Å². The fourth-order valence-electron chi connectivity index (χ4n) is 3.74. The lowest BCUT2D eigenvalue weighted by atomic mass is 10.2. The number of hydrogen-bond acceptors (Lipinski definition) is 5. The molecule has 6 nitrogen and oxygen atoms in total. The van der Waals surface area contributed by atoms with E-state index in [1.165, 1.54) is 23.9 Å². The molecule has 0 amide bonds. The van der Waals surface area contributed by atoms with Crippen LogP contribution in [0.4, 0.5) is 4.39 Å². The molecule has 0 saturated carbocycles. The molecule has 33 heavy (non-hydrogen) atoms. The van der Waals surface area contributed by atoms with Gasteiger partial charge in [-0.25, -0.2) is 9.37 Å². The summed E-state index contributed by atoms with van der Waals surface area (Å²) < 4.78 is 17.1. The molecule has 8 heteroatoms. The van der Waals surface area contributed by atoms with Gasteiger partial charge in [0, 0.05) is 12.1 Å². The Labute approximate surface area is 193 Å². The molecule has 5 rings (SSSR count). The number of benzene rings is 3. The van der Waals surface area contributed by atoms with Crippen molar-refractivity contribution in [3.63, 3.8) is 0 Å². The third kappa shape index (κ3) is 4.05. The highest BCUT2D eigenvalue weighted by Crippen LogP contribution is 2.27. The highest BCUT2D eigenvalue weighted by molar-refractivity contribution is 7.98. The molecule has 0 saturated heterocycles. The molecule has 0 atom stereocenters. The molecule has 0 fully saturated rings. The topological polar surface area (TPSA) is 65.6 Å². The van der Waals surface area contributed by atoms with Gasteiger partial charge in [-0.05, 0) is 43.3 Å². The average Bonchev–Trinajstić information content (AvgIpc) is 3.27. The molecule has 164 valence electrons. The van der Waals surface area contributed by atoms with Crippen LogP contribution in [0.5, 0.6) is 0 Å². The molecule has 0 aliphatic heterocycles. The summed E-state index contributed by atoms with van der Waals surface area (Å²) >= 11 is 1.46. The summed E-state index contributed by atoms with van der Waals surface area (Å²) in [7, 11) is 0. The first-order valence-corrected chi connectivity index (χ1v) is 11.5. The summed E-state index contributed by atoms with van der Waals surface area (Å²) in [5, 5.41) is 10.0. The second kappa shape index (κ2) is 8.99. The number of hydrogen-bond donors (Lipinski definition) is 0. The lowest BCUT2D eigenvalue weighted by Gasteiger charge is -2.14. The van der Waals surface area contributed by atoms with Crippen LogP contribution in [-0.2, 0) is 12.3 Å². The summed E-state index contributed by atoms with van der Waals surface area (Å²) in [6.45, 7) is 2.75. The Hall–Kier alpha value is -3.78. The predicted octanol–water partition coefficient (Wildman–Crippen LogP) is 5.10. The molecule has 2 aromatic heterocycles. The van der Waals surface area contributed by atoms with Gasteiger partial charge in [-0.3, -0.25) is 9.36 Å². The van der Waals surface area contributed by atoms with Crippen molar-refractivity contribution >= 4 is 22.7 Å². The average molecular weight is 458 g/mol. The highest BCUT2D eigenvalue weighted by atomic mass is 32.2. The number of para-hydroxylation sites is 1. The van der Waals surface area contributed by atoms with E-state index < -0.39 is 0 Å². The molecular weight excluding hydrogens is 437 g/mol. The summed E-state index contributed by atoms with van der Waals surface area (Å²) in [5.74, 6) is 1.39. The monoisotopic (exact) mass is 457 g/mol. The smallest absolute Gasteiger partial charge is 0.265 e. The van der Waals surface area contributed by atoms with Gasteiger partial charge in [0.15, 0.2) is 11.0 Å². The molecule has 2 heterocycles. The van der Waals surface area contributed by atoms with Crippen LogP contribution in [0.1, 0.15) is 12.7 Å². The van der Waals surface area contributed by atoms with Gasteiger partial charge >= 0.3 is 0 Å². The first kappa shape index (κ1) is 21.1. The number of thioether (sulfide) groups is 1. The third-order valence-electron chi connectivity index (χ3n) is 5.33. The minimum absolute atomic E-state index is 0.190. The van der Waals surface area contributed by atoms with Crippen molar-refractivity contribution < 1.29 is 4.39 Å². The van der Waals surface area contributed by atoms with Crippen LogP contribution in [0.25, 0.3) is 28.0 Å². The maximum absolute atomic E-state index is 13.5. The summed E-state index contributed by atoms with van der Waals surface area (Å²) in [6.07, 6.45) is 0. The fraction of sp³-hybridized carbons (Fsp3) is 0.120. The maximum Gasteiger partial charge on any atom is 0.265 e. The number of rotatable bonds is 6. The van der Waals surface area contributed by atoms with E-state index in [4.69, 9.17) is 4.98 Å². The highest BCUT2D eigenvalue weighted by Gasteiger charge is 2.17. The van der Waals surface area contributed by atoms with Crippen molar-refractivity contribution in [2.75, 3.05) is 0 Å². The van der Waals surface area contributed by atoms with Gasteiger partial charge < -0.3 is 4.57 Å². The first-order chi connectivity index (χ1) is 16.2. The zero-order valence-corrected chi connectivity index (χ0v) is 18.7. The molecule has 0 N–H and O–H groups in total. The number of aromatic nitrogens is 5. The zero-order valence-electron chi connectivity index (χ0n) is 17.9. The van der Waals surface area contributed by atoms with Crippen LogP contribution in [-0.4, -0.2) is 24.3 Å². The molecule has 0 spiro atoms. The van der Waals surface area contributed by atoms with E-state index in [1.54, 1.807) is 22.8 Å². The molecule has 0 bridgehead atoms. The Morgan fingerprint density at radius 3 is 2.39 bits per heavy atom. The summed E-state index contributed by atoms with van der Waals surface area (Å²) in [6, 6.07) is 23.0. The van der Waals surface area contributed by atoms with Gasteiger partial charge in [0.1, 0.15) is 11.6 Å². The minimum atomic E-state index is -0.360. The zero-order chi connectivity index (χ0) is 22.8. The van der Waals surface area contributed by atoms with E-state index >= 15 is 0 Å². The van der Waals surface area contributed by atoms with Crippen LogP contribution in [0.15, 0.2) is 88.8 Å². The predicted molar refractivity (Wildman–Crippen MR) is 128 cm³/mol. The lowest BCUT2D eigenvalue weighted by molar-refractivity contribution is 0.627. The maximum atomic E-state index is 13.5. The van der Waals surface area contributed by atoms with Crippen molar-refractivity contribution in [3.05, 3.63) is 101 Å². The van der Waals surface area contributed by atoms with Crippen LogP contribution < -0.4 is 5.56 Å². The van der Waals surface area contributed by atoms with Crippen molar-refractivity contribution in [3.8, 4) is 17.1 Å². The molecule has 0 unspecified atom stereocenters. The van der Waals surface area contributed by atoms with Gasteiger partial charge in [-0.15, -0.1) is 10.2 Å². The molecule has 5 aromatic rings. The summed E-state index contributed by atoms with van der Waals surface area (Å²) in [5.41, 5.74) is 1.99. The first-order valence-electron chi connectivity index (χ1n) is 10.5. The quantitative estimate of drug-likeness (QED) is 0.332. The molecular formula is C25H20FN5OS. The lowest BCUT2D eigenvalue weighted by Crippen LogP contribution is -2.23. The molecule has 3 aromatic carbocycles. The Morgan fingerprint density at radius 2 is 1.64 bits per heavy atom. The SMILES string of the molecule is CCn1c(SCc2nc3ccccc3c(=O)n2-c2ccc(F)cc2)nnc1-c1ccccc1. The van der Waals surface area contributed by atoms with E-state index in [0.717, 1.165) is 16.5 Å². The van der Waals surface area contributed by atoms with Crippen molar-refractivity contribution in [2.24, 2.45) is 0 Å².